The monoisotopic (exact) mass is 391 g/mol. The van der Waals surface area contributed by atoms with Crippen molar-refractivity contribution in [3.8, 4) is 5.75 Å². The molecule has 0 saturated carbocycles. The summed E-state index contributed by atoms with van der Waals surface area (Å²) in [5.74, 6) is 1.31. The summed E-state index contributed by atoms with van der Waals surface area (Å²) in [4.78, 5) is 23.4. The van der Waals surface area contributed by atoms with Crippen molar-refractivity contribution in [2.75, 3.05) is 44.9 Å². The number of carbonyl (C=O) groups excluding carboxylic acids is 1. The minimum atomic E-state index is -0.336. The number of hydrogen-bond donors (Lipinski definition) is 2. The highest BCUT2D eigenvalue weighted by molar-refractivity contribution is 6.31. The van der Waals surface area contributed by atoms with Crippen molar-refractivity contribution in [2.24, 2.45) is 0 Å². The standard InChI is InChI=1S/C19H26ClN5O2/c1-12-9-15(17(27-5)10-14(12)20)24-19(26)16-11-18(23-13(2)22-16)21-7-6-8-25(3)4/h9-11H,6-8H2,1-5H3,(H,24,26)(H,21,22,23). The molecule has 27 heavy (non-hydrogen) atoms. The lowest BCUT2D eigenvalue weighted by Gasteiger charge is -2.13. The van der Waals surface area contributed by atoms with Gasteiger partial charge in [0.25, 0.3) is 5.91 Å². The lowest BCUT2D eigenvalue weighted by Crippen LogP contribution is -2.18. The van der Waals surface area contributed by atoms with Gasteiger partial charge in [-0.1, -0.05) is 11.6 Å². The maximum absolute atomic E-state index is 12.7. The fraction of sp³-hybridized carbons (Fsp3) is 0.421. The van der Waals surface area contributed by atoms with Crippen LogP contribution >= 0.6 is 11.6 Å². The molecule has 8 heteroatoms. The number of ether oxygens (including phenoxy) is 1. The summed E-state index contributed by atoms with van der Waals surface area (Å²) >= 11 is 6.12. The fourth-order valence-electron chi connectivity index (χ4n) is 2.50. The quantitative estimate of drug-likeness (QED) is 0.671. The third-order valence-electron chi connectivity index (χ3n) is 3.89. The van der Waals surface area contributed by atoms with Crippen LogP contribution in [0.2, 0.25) is 5.02 Å². The molecule has 0 saturated heterocycles. The van der Waals surface area contributed by atoms with Crippen LogP contribution in [0.15, 0.2) is 18.2 Å². The highest BCUT2D eigenvalue weighted by atomic mass is 35.5. The summed E-state index contributed by atoms with van der Waals surface area (Å²) in [6.07, 6.45) is 0.971. The Morgan fingerprint density at radius 3 is 2.63 bits per heavy atom. The zero-order chi connectivity index (χ0) is 20.0. The summed E-state index contributed by atoms with van der Waals surface area (Å²) < 4.78 is 5.30. The van der Waals surface area contributed by atoms with Crippen molar-refractivity contribution in [2.45, 2.75) is 20.3 Å². The van der Waals surface area contributed by atoms with Crippen molar-refractivity contribution in [1.29, 1.82) is 0 Å². The SMILES string of the molecule is COc1cc(Cl)c(C)cc1NC(=O)c1cc(NCCCN(C)C)nc(C)n1. The molecule has 0 aliphatic carbocycles. The van der Waals surface area contributed by atoms with E-state index in [9.17, 15) is 4.79 Å². The Bertz CT molecular complexity index is 811. The summed E-state index contributed by atoms with van der Waals surface area (Å²) in [6, 6.07) is 5.09. The lowest BCUT2D eigenvalue weighted by atomic mass is 10.2. The Hall–Kier alpha value is -2.38. The minimum absolute atomic E-state index is 0.285. The molecule has 1 amide bonds. The van der Waals surface area contributed by atoms with E-state index in [-0.39, 0.29) is 11.6 Å². The zero-order valence-corrected chi connectivity index (χ0v) is 17.1. The smallest absolute Gasteiger partial charge is 0.274 e. The van der Waals surface area contributed by atoms with Gasteiger partial charge in [-0.15, -0.1) is 0 Å². The molecule has 0 radical (unpaired) electrons. The topological polar surface area (TPSA) is 79.4 Å². The van der Waals surface area contributed by atoms with Gasteiger partial charge in [-0.05, 0) is 52.5 Å². The number of nitrogens with one attached hydrogen (secondary N) is 2. The van der Waals surface area contributed by atoms with Crippen LogP contribution in [-0.2, 0) is 0 Å². The predicted octanol–water partition coefficient (Wildman–Crippen LogP) is 3.37. The summed E-state index contributed by atoms with van der Waals surface area (Å²) in [5.41, 5.74) is 1.67. The summed E-state index contributed by atoms with van der Waals surface area (Å²) in [7, 11) is 5.59. The third kappa shape index (κ3) is 6.08. The molecule has 2 N–H and O–H groups in total. The molecular formula is C19H26ClN5O2. The van der Waals surface area contributed by atoms with E-state index in [2.05, 4.69) is 25.5 Å². The number of aromatic nitrogens is 2. The number of anilines is 2. The average Bonchev–Trinajstić information content (AvgIpc) is 2.61. The molecule has 0 fully saturated rings. The Kier molecular flexibility index (Phi) is 7.38. The third-order valence-corrected chi connectivity index (χ3v) is 4.29. The Morgan fingerprint density at radius 2 is 1.96 bits per heavy atom. The van der Waals surface area contributed by atoms with E-state index in [1.807, 2.05) is 21.0 Å². The first-order valence-electron chi connectivity index (χ1n) is 8.70. The fourth-order valence-corrected chi connectivity index (χ4v) is 2.66. The average molecular weight is 392 g/mol. The van der Waals surface area contributed by atoms with Crippen molar-refractivity contribution in [3.05, 3.63) is 40.3 Å². The molecule has 1 aromatic heterocycles. The molecule has 1 heterocycles. The zero-order valence-electron chi connectivity index (χ0n) is 16.4. The number of nitrogens with zero attached hydrogens (tertiary/aromatic N) is 3. The lowest BCUT2D eigenvalue weighted by molar-refractivity contribution is 0.102. The van der Waals surface area contributed by atoms with Gasteiger partial charge in [0.2, 0.25) is 0 Å². The second-order valence-corrected chi connectivity index (χ2v) is 6.93. The second kappa shape index (κ2) is 9.53. The van der Waals surface area contributed by atoms with Gasteiger partial charge in [0, 0.05) is 23.7 Å². The highest BCUT2D eigenvalue weighted by Crippen LogP contribution is 2.31. The van der Waals surface area contributed by atoms with Crippen LogP contribution in [0.1, 0.15) is 28.3 Å². The molecular weight excluding hydrogens is 366 g/mol. The summed E-state index contributed by atoms with van der Waals surface area (Å²) in [6.45, 7) is 5.36. The van der Waals surface area contributed by atoms with Crippen LogP contribution in [0, 0.1) is 13.8 Å². The number of methoxy groups -OCH3 is 1. The van der Waals surface area contributed by atoms with E-state index in [1.54, 1.807) is 25.1 Å². The number of halogens is 1. The van der Waals surface area contributed by atoms with E-state index in [1.165, 1.54) is 7.11 Å². The molecule has 7 nitrogen and oxygen atoms in total. The van der Waals surface area contributed by atoms with E-state index in [0.717, 1.165) is 25.1 Å². The van der Waals surface area contributed by atoms with Crippen molar-refractivity contribution >= 4 is 29.0 Å². The van der Waals surface area contributed by atoms with Crippen LogP contribution in [0.4, 0.5) is 11.5 Å². The maximum Gasteiger partial charge on any atom is 0.274 e. The molecule has 2 rings (SSSR count). The number of amides is 1. The molecule has 0 bridgehead atoms. The molecule has 0 aliphatic heterocycles. The molecule has 1 aromatic carbocycles. The number of rotatable bonds is 8. The van der Waals surface area contributed by atoms with Crippen molar-refractivity contribution < 1.29 is 9.53 Å². The van der Waals surface area contributed by atoms with E-state index in [4.69, 9.17) is 16.3 Å². The van der Waals surface area contributed by atoms with E-state index < -0.39 is 0 Å². The van der Waals surface area contributed by atoms with Gasteiger partial charge in [-0.2, -0.15) is 0 Å². The van der Waals surface area contributed by atoms with Crippen LogP contribution in [0.25, 0.3) is 0 Å². The van der Waals surface area contributed by atoms with Gasteiger partial charge < -0.3 is 20.3 Å². The Balaban J connectivity index is 2.13. The maximum atomic E-state index is 12.7. The number of hydrogen-bond acceptors (Lipinski definition) is 6. The highest BCUT2D eigenvalue weighted by Gasteiger charge is 2.14. The summed E-state index contributed by atoms with van der Waals surface area (Å²) in [5, 5.41) is 6.65. The van der Waals surface area contributed by atoms with Gasteiger partial charge in [-0.25, -0.2) is 9.97 Å². The van der Waals surface area contributed by atoms with Crippen LogP contribution < -0.4 is 15.4 Å². The Labute approximate surface area is 165 Å². The number of aryl methyl sites for hydroxylation is 2. The largest absolute Gasteiger partial charge is 0.495 e. The second-order valence-electron chi connectivity index (χ2n) is 6.53. The van der Waals surface area contributed by atoms with E-state index >= 15 is 0 Å². The first kappa shape index (κ1) is 20.9. The van der Waals surface area contributed by atoms with Gasteiger partial charge in [0.15, 0.2) is 0 Å². The van der Waals surface area contributed by atoms with Crippen molar-refractivity contribution in [3.63, 3.8) is 0 Å². The van der Waals surface area contributed by atoms with Gasteiger partial charge in [-0.3, -0.25) is 4.79 Å². The van der Waals surface area contributed by atoms with Gasteiger partial charge in [0.05, 0.1) is 12.8 Å². The normalized spacial score (nSPS) is 10.8. The van der Waals surface area contributed by atoms with E-state index in [0.29, 0.717) is 28.1 Å². The van der Waals surface area contributed by atoms with Gasteiger partial charge >= 0.3 is 0 Å². The number of benzene rings is 1. The van der Waals surface area contributed by atoms with Crippen molar-refractivity contribution in [1.82, 2.24) is 14.9 Å². The molecule has 0 spiro atoms. The molecule has 0 aliphatic rings. The molecule has 0 atom stereocenters. The number of carbonyl (C=O) groups is 1. The first-order valence-corrected chi connectivity index (χ1v) is 9.07. The first-order chi connectivity index (χ1) is 12.8. The predicted molar refractivity (Wildman–Crippen MR) is 109 cm³/mol. The minimum Gasteiger partial charge on any atom is -0.495 e. The van der Waals surface area contributed by atoms with Crippen LogP contribution in [-0.4, -0.2) is 55.1 Å². The van der Waals surface area contributed by atoms with Crippen LogP contribution in [0.5, 0.6) is 5.75 Å². The molecule has 0 unspecified atom stereocenters. The molecule has 146 valence electrons. The van der Waals surface area contributed by atoms with Crippen LogP contribution in [0.3, 0.4) is 0 Å². The van der Waals surface area contributed by atoms with Gasteiger partial charge in [0.1, 0.15) is 23.1 Å². The molecule has 2 aromatic rings. The Morgan fingerprint density at radius 1 is 1.22 bits per heavy atom.